The molecule has 1 saturated heterocycles. The molecule has 0 aliphatic carbocycles. The maximum absolute atomic E-state index is 6.24. The first-order valence-electron chi connectivity index (χ1n) is 6.40. The second-order valence-electron chi connectivity index (χ2n) is 4.81. The Labute approximate surface area is 104 Å². The van der Waals surface area contributed by atoms with Gasteiger partial charge in [0.25, 0.3) is 0 Å². The van der Waals surface area contributed by atoms with E-state index in [2.05, 4.69) is 24.0 Å². The van der Waals surface area contributed by atoms with Crippen LogP contribution in [0.2, 0.25) is 0 Å². The van der Waals surface area contributed by atoms with Crippen LogP contribution in [0.3, 0.4) is 0 Å². The van der Waals surface area contributed by atoms with Gasteiger partial charge in [0, 0.05) is 32.3 Å². The Hall–Kier alpha value is -0.900. The number of hydrogen-bond acceptors (Lipinski definition) is 3. The Balaban J connectivity index is 1.91. The molecule has 0 saturated carbocycles. The van der Waals surface area contributed by atoms with Crippen LogP contribution < -0.4 is 5.73 Å². The van der Waals surface area contributed by atoms with Gasteiger partial charge in [-0.3, -0.25) is 4.90 Å². The molecule has 2 rings (SSSR count). The maximum Gasteiger partial charge on any atom is 0.0673 e. The molecule has 2 N–H and O–H groups in total. The van der Waals surface area contributed by atoms with Crippen LogP contribution in [0.4, 0.5) is 0 Å². The molecule has 3 nitrogen and oxygen atoms in total. The van der Waals surface area contributed by atoms with Crippen LogP contribution in [0.15, 0.2) is 30.3 Å². The van der Waals surface area contributed by atoms with Gasteiger partial charge in [-0.1, -0.05) is 30.3 Å². The number of nitrogens with two attached hydrogens (primary N) is 1. The van der Waals surface area contributed by atoms with Crippen molar-refractivity contribution in [3.8, 4) is 0 Å². The first kappa shape index (κ1) is 12.6. The summed E-state index contributed by atoms with van der Waals surface area (Å²) in [6, 6.07) is 10.4. The topological polar surface area (TPSA) is 38.5 Å². The smallest absolute Gasteiger partial charge is 0.0673 e. The molecule has 1 aromatic carbocycles. The monoisotopic (exact) mass is 234 g/mol. The Morgan fingerprint density at radius 2 is 2.18 bits per heavy atom. The van der Waals surface area contributed by atoms with E-state index in [9.17, 15) is 0 Å². The third-order valence-electron chi connectivity index (χ3n) is 3.22. The van der Waals surface area contributed by atoms with Crippen LogP contribution in [0.1, 0.15) is 24.9 Å². The van der Waals surface area contributed by atoms with Crippen molar-refractivity contribution in [2.75, 3.05) is 26.2 Å². The second-order valence-corrected chi connectivity index (χ2v) is 4.81. The van der Waals surface area contributed by atoms with Gasteiger partial charge in [-0.05, 0) is 18.9 Å². The lowest BCUT2D eigenvalue weighted by molar-refractivity contribution is 0.0670. The number of hydrogen-bond donors (Lipinski definition) is 1. The van der Waals surface area contributed by atoms with E-state index in [1.54, 1.807) is 0 Å². The number of ether oxygens (including phenoxy) is 1. The van der Waals surface area contributed by atoms with Crippen molar-refractivity contribution in [1.29, 1.82) is 0 Å². The van der Waals surface area contributed by atoms with Crippen molar-refractivity contribution in [3.63, 3.8) is 0 Å². The van der Waals surface area contributed by atoms with Crippen LogP contribution in [-0.2, 0) is 4.74 Å². The second kappa shape index (κ2) is 6.15. The van der Waals surface area contributed by atoms with Gasteiger partial charge in [-0.25, -0.2) is 0 Å². The van der Waals surface area contributed by atoms with Gasteiger partial charge >= 0.3 is 0 Å². The van der Waals surface area contributed by atoms with Crippen molar-refractivity contribution in [3.05, 3.63) is 35.9 Å². The highest BCUT2D eigenvalue weighted by atomic mass is 16.5. The standard InChI is InChI=1S/C14H22N2O/c1-12-10-16(8-5-9-17-12)11-14(15)13-6-3-2-4-7-13/h2-4,6-7,12,14H,5,8-11,15H2,1H3. The zero-order chi connectivity index (χ0) is 12.1. The predicted molar refractivity (Wildman–Crippen MR) is 69.8 cm³/mol. The first-order valence-corrected chi connectivity index (χ1v) is 6.40. The minimum Gasteiger partial charge on any atom is -0.377 e. The molecule has 2 atom stereocenters. The lowest BCUT2D eigenvalue weighted by Gasteiger charge is -2.25. The SMILES string of the molecule is CC1CN(CC(N)c2ccccc2)CCCO1. The van der Waals surface area contributed by atoms with Gasteiger partial charge in [-0.15, -0.1) is 0 Å². The molecule has 0 radical (unpaired) electrons. The van der Waals surface area contributed by atoms with Crippen LogP contribution in [-0.4, -0.2) is 37.2 Å². The summed E-state index contributed by atoms with van der Waals surface area (Å²) in [5.74, 6) is 0. The largest absolute Gasteiger partial charge is 0.377 e. The zero-order valence-electron chi connectivity index (χ0n) is 10.5. The van der Waals surface area contributed by atoms with E-state index in [0.717, 1.165) is 32.7 Å². The fraction of sp³-hybridized carbons (Fsp3) is 0.571. The van der Waals surface area contributed by atoms with Gasteiger partial charge < -0.3 is 10.5 Å². The summed E-state index contributed by atoms with van der Waals surface area (Å²) in [4.78, 5) is 2.41. The van der Waals surface area contributed by atoms with E-state index in [1.165, 1.54) is 5.56 Å². The van der Waals surface area contributed by atoms with Crippen molar-refractivity contribution in [2.24, 2.45) is 5.73 Å². The van der Waals surface area contributed by atoms with Gasteiger partial charge in [0.2, 0.25) is 0 Å². The molecular formula is C14H22N2O. The van der Waals surface area contributed by atoms with E-state index in [1.807, 2.05) is 18.2 Å². The average molecular weight is 234 g/mol. The molecule has 0 amide bonds. The number of benzene rings is 1. The minimum atomic E-state index is 0.0986. The molecule has 1 aliphatic heterocycles. The fourth-order valence-electron chi connectivity index (χ4n) is 2.33. The fourth-order valence-corrected chi connectivity index (χ4v) is 2.33. The summed E-state index contributed by atoms with van der Waals surface area (Å²) in [6.07, 6.45) is 1.42. The van der Waals surface area contributed by atoms with E-state index >= 15 is 0 Å². The predicted octanol–water partition coefficient (Wildman–Crippen LogP) is 1.80. The lowest BCUT2D eigenvalue weighted by atomic mass is 10.1. The molecule has 17 heavy (non-hydrogen) atoms. The van der Waals surface area contributed by atoms with E-state index < -0.39 is 0 Å². The van der Waals surface area contributed by atoms with Gasteiger partial charge in [0.05, 0.1) is 6.10 Å². The number of nitrogens with zero attached hydrogens (tertiary/aromatic N) is 1. The average Bonchev–Trinajstić information content (AvgIpc) is 2.55. The Kier molecular flexibility index (Phi) is 4.54. The summed E-state index contributed by atoms with van der Waals surface area (Å²) < 4.78 is 5.64. The van der Waals surface area contributed by atoms with Gasteiger partial charge in [0.15, 0.2) is 0 Å². The molecule has 0 bridgehead atoms. The van der Waals surface area contributed by atoms with Gasteiger partial charge in [0.1, 0.15) is 0 Å². The molecule has 1 aliphatic rings. The van der Waals surface area contributed by atoms with Crippen molar-refractivity contribution in [1.82, 2.24) is 4.90 Å². The summed E-state index contributed by atoms with van der Waals surface area (Å²) in [5.41, 5.74) is 7.45. The third-order valence-corrected chi connectivity index (χ3v) is 3.22. The highest BCUT2D eigenvalue weighted by Gasteiger charge is 2.17. The van der Waals surface area contributed by atoms with Crippen LogP contribution in [0.5, 0.6) is 0 Å². The van der Waals surface area contributed by atoms with Gasteiger partial charge in [-0.2, -0.15) is 0 Å². The maximum atomic E-state index is 6.24. The molecule has 1 aromatic rings. The first-order chi connectivity index (χ1) is 8.25. The summed E-state index contributed by atoms with van der Waals surface area (Å²) >= 11 is 0. The highest BCUT2D eigenvalue weighted by molar-refractivity contribution is 5.18. The molecule has 94 valence electrons. The highest BCUT2D eigenvalue weighted by Crippen LogP contribution is 2.13. The summed E-state index contributed by atoms with van der Waals surface area (Å²) in [6.45, 7) is 5.99. The molecule has 3 heteroatoms. The van der Waals surface area contributed by atoms with Crippen LogP contribution >= 0.6 is 0 Å². The Bertz CT molecular complexity index is 328. The van der Waals surface area contributed by atoms with Crippen molar-refractivity contribution < 1.29 is 4.74 Å². The Morgan fingerprint density at radius 3 is 2.94 bits per heavy atom. The third kappa shape index (κ3) is 3.80. The normalized spacial score (nSPS) is 24.2. The summed E-state index contributed by atoms with van der Waals surface area (Å²) in [7, 11) is 0. The lowest BCUT2D eigenvalue weighted by Crippen LogP contribution is -2.36. The van der Waals surface area contributed by atoms with E-state index in [0.29, 0.717) is 6.10 Å². The quantitative estimate of drug-likeness (QED) is 0.866. The molecule has 1 heterocycles. The summed E-state index contributed by atoms with van der Waals surface area (Å²) in [5, 5.41) is 0. The van der Waals surface area contributed by atoms with E-state index in [-0.39, 0.29) is 6.04 Å². The molecule has 0 aromatic heterocycles. The minimum absolute atomic E-state index is 0.0986. The zero-order valence-corrected chi connectivity index (χ0v) is 10.5. The van der Waals surface area contributed by atoms with Crippen LogP contribution in [0, 0.1) is 0 Å². The van der Waals surface area contributed by atoms with Crippen molar-refractivity contribution >= 4 is 0 Å². The Morgan fingerprint density at radius 1 is 1.41 bits per heavy atom. The molecule has 0 spiro atoms. The van der Waals surface area contributed by atoms with E-state index in [4.69, 9.17) is 10.5 Å². The number of rotatable bonds is 3. The van der Waals surface area contributed by atoms with Crippen molar-refractivity contribution in [2.45, 2.75) is 25.5 Å². The molecule has 1 fully saturated rings. The molecule has 2 unspecified atom stereocenters. The van der Waals surface area contributed by atoms with Crippen LogP contribution in [0.25, 0.3) is 0 Å². The molecular weight excluding hydrogens is 212 g/mol.